The molecule has 1 rings (SSSR count). The summed E-state index contributed by atoms with van der Waals surface area (Å²) >= 11 is 1.24. The highest BCUT2D eigenvalue weighted by atomic mass is 32.2. The number of carbonyl (C=O) groups is 2. The molecule has 22 heavy (non-hydrogen) atoms. The highest BCUT2D eigenvalue weighted by molar-refractivity contribution is 8.01. The molecule has 0 aliphatic carbocycles. The molecule has 5 nitrogen and oxygen atoms in total. The first kappa shape index (κ1) is 18.1. The van der Waals surface area contributed by atoms with Crippen LogP contribution < -0.4 is 4.90 Å². The maximum atomic E-state index is 12.6. The second kappa shape index (κ2) is 9.85. The van der Waals surface area contributed by atoms with Crippen molar-refractivity contribution in [2.75, 3.05) is 23.8 Å². The molecule has 1 aromatic rings. The lowest BCUT2D eigenvalue weighted by molar-refractivity contribution is -0.139. The Morgan fingerprint density at radius 1 is 1.36 bits per heavy atom. The maximum absolute atomic E-state index is 12.6. The van der Waals surface area contributed by atoms with E-state index >= 15 is 0 Å². The average molecular weight is 320 g/mol. The van der Waals surface area contributed by atoms with Gasteiger partial charge in [0, 0.05) is 12.2 Å². The Morgan fingerprint density at radius 3 is 2.64 bits per heavy atom. The zero-order chi connectivity index (χ0) is 16.4. The molecule has 1 unspecified atom stereocenters. The third-order valence-corrected chi connectivity index (χ3v) is 3.99. The lowest BCUT2D eigenvalue weighted by Gasteiger charge is -2.24. The standard InChI is InChI=1S/C16H20N2O3S/c1-3-21-15(19)12-22-13(2)16(20)18(11-7-10-17)14-8-5-4-6-9-14/h4-6,8-9,13H,3,7,11-12H2,1-2H3. The molecule has 0 N–H and O–H groups in total. The number of anilines is 1. The van der Waals surface area contributed by atoms with Crippen molar-refractivity contribution in [1.29, 1.82) is 5.26 Å². The second-order valence-electron chi connectivity index (χ2n) is 4.49. The van der Waals surface area contributed by atoms with Gasteiger partial charge >= 0.3 is 5.97 Å². The predicted octanol–water partition coefficient (Wildman–Crippen LogP) is 2.62. The topological polar surface area (TPSA) is 70.4 Å². The smallest absolute Gasteiger partial charge is 0.315 e. The average Bonchev–Trinajstić information content (AvgIpc) is 2.54. The first-order valence-electron chi connectivity index (χ1n) is 7.10. The van der Waals surface area contributed by atoms with Gasteiger partial charge in [-0.3, -0.25) is 9.59 Å². The van der Waals surface area contributed by atoms with Crippen molar-refractivity contribution in [3.63, 3.8) is 0 Å². The zero-order valence-electron chi connectivity index (χ0n) is 12.8. The van der Waals surface area contributed by atoms with E-state index in [9.17, 15) is 9.59 Å². The number of hydrogen-bond donors (Lipinski definition) is 0. The fourth-order valence-electron chi connectivity index (χ4n) is 1.82. The predicted molar refractivity (Wildman–Crippen MR) is 87.6 cm³/mol. The summed E-state index contributed by atoms with van der Waals surface area (Å²) in [6, 6.07) is 11.3. The molecule has 1 amide bonds. The summed E-state index contributed by atoms with van der Waals surface area (Å²) in [4.78, 5) is 25.5. The molecule has 0 fully saturated rings. The van der Waals surface area contributed by atoms with Gasteiger partial charge in [0.2, 0.25) is 5.91 Å². The Kier molecular flexibility index (Phi) is 8.08. The number of esters is 1. The van der Waals surface area contributed by atoms with E-state index in [1.165, 1.54) is 11.8 Å². The van der Waals surface area contributed by atoms with Gasteiger partial charge in [0.1, 0.15) is 0 Å². The van der Waals surface area contributed by atoms with Crippen molar-refractivity contribution in [2.45, 2.75) is 25.5 Å². The zero-order valence-corrected chi connectivity index (χ0v) is 13.6. The number of para-hydroxylation sites is 1. The van der Waals surface area contributed by atoms with Gasteiger partial charge in [-0.1, -0.05) is 18.2 Å². The Labute approximate surface area is 135 Å². The summed E-state index contributed by atoms with van der Waals surface area (Å²) < 4.78 is 4.85. The van der Waals surface area contributed by atoms with Crippen molar-refractivity contribution in [1.82, 2.24) is 0 Å². The number of nitriles is 1. The van der Waals surface area contributed by atoms with Crippen LogP contribution in [0.25, 0.3) is 0 Å². The monoisotopic (exact) mass is 320 g/mol. The summed E-state index contributed by atoms with van der Waals surface area (Å²) in [6.45, 7) is 4.17. The van der Waals surface area contributed by atoms with Gasteiger partial charge in [0.15, 0.2) is 0 Å². The largest absolute Gasteiger partial charge is 0.465 e. The Bertz CT molecular complexity index is 528. The molecule has 0 bridgehead atoms. The molecule has 0 aliphatic rings. The Morgan fingerprint density at radius 2 is 2.05 bits per heavy atom. The summed E-state index contributed by atoms with van der Waals surface area (Å²) in [7, 11) is 0. The molecule has 0 spiro atoms. The molecule has 0 saturated heterocycles. The lowest BCUT2D eigenvalue weighted by atomic mass is 10.2. The minimum absolute atomic E-state index is 0.115. The first-order valence-corrected chi connectivity index (χ1v) is 8.15. The van der Waals surface area contributed by atoms with Crippen molar-refractivity contribution in [3.8, 4) is 6.07 Å². The van der Waals surface area contributed by atoms with Crippen LogP contribution in [-0.2, 0) is 14.3 Å². The highest BCUT2D eigenvalue weighted by Crippen LogP contribution is 2.20. The number of amides is 1. The van der Waals surface area contributed by atoms with E-state index in [0.29, 0.717) is 13.2 Å². The number of rotatable bonds is 8. The third-order valence-electron chi connectivity index (χ3n) is 2.89. The van der Waals surface area contributed by atoms with E-state index in [0.717, 1.165) is 5.69 Å². The maximum Gasteiger partial charge on any atom is 0.315 e. The van der Waals surface area contributed by atoms with Gasteiger partial charge in [-0.05, 0) is 26.0 Å². The molecule has 6 heteroatoms. The van der Waals surface area contributed by atoms with Crippen LogP contribution in [0.1, 0.15) is 20.3 Å². The van der Waals surface area contributed by atoms with Gasteiger partial charge in [0.25, 0.3) is 0 Å². The number of carbonyl (C=O) groups excluding carboxylic acids is 2. The summed E-state index contributed by atoms with van der Waals surface area (Å²) in [5, 5.41) is 8.38. The number of hydrogen-bond acceptors (Lipinski definition) is 5. The van der Waals surface area contributed by atoms with E-state index in [2.05, 4.69) is 6.07 Å². The normalized spacial score (nSPS) is 11.3. The molecule has 0 radical (unpaired) electrons. The molecule has 0 aliphatic heterocycles. The van der Waals surface area contributed by atoms with Crippen molar-refractivity contribution in [2.24, 2.45) is 0 Å². The van der Waals surface area contributed by atoms with E-state index in [4.69, 9.17) is 10.00 Å². The molecule has 0 heterocycles. The third kappa shape index (κ3) is 5.78. The van der Waals surface area contributed by atoms with E-state index in [1.807, 2.05) is 30.3 Å². The van der Waals surface area contributed by atoms with Gasteiger partial charge in [-0.25, -0.2) is 0 Å². The molecular weight excluding hydrogens is 300 g/mol. The Hall–Kier alpha value is -2.00. The van der Waals surface area contributed by atoms with E-state index < -0.39 is 0 Å². The van der Waals surface area contributed by atoms with Gasteiger partial charge in [-0.15, -0.1) is 11.8 Å². The summed E-state index contributed by atoms with van der Waals surface area (Å²) in [5.41, 5.74) is 0.756. The van der Waals surface area contributed by atoms with Crippen LogP contribution in [0, 0.1) is 11.3 Å². The summed E-state index contributed by atoms with van der Waals surface area (Å²) in [6.07, 6.45) is 0.260. The van der Waals surface area contributed by atoms with Crippen LogP contribution >= 0.6 is 11.8 Å². The van der Waals surface area contributed by atoms with Crippen molar-refractivity contribution < 1.29 is 14.3 Å². The number of nitrogens with zero attached hydrogens (tertiary/aromatic N) is 2. The lowest BCUT2D eigenvalue weighted by Crippen LogP contribution is -2.37. The van der Waals surface area contributed by atoms with Crippen LogP contribution in [0.15, 0.2) is 30.3 Å². The number of thioether (sulfide) groups is 1. The fourth-order valence-corrected chi connectivity index (χ4v) is 2.56. The molecule has 0 saturated carbocycles. The van der Waals surface area contributed by atoms with E-state index in [-0.39, 0.29) is 29.3 Å². The number of ether oxygens (including phenoxy) is 1. The van der Waals surface area contributed by atoms with Gasteiger partial charge in [-0.2, -0.15) is 5.26 Å². The van der Waals surface area contributed by atoms with Crippen LogP contribution in [-0.4, -0.2) is 36.0 Å². The molecular formula is C16H20N2O3S. The minimum Gasteiger partial charge on any atom is -0.465 e. The van der Waals surface area contributed by atoms with Crippen molar-refractivity contribution >= 4 is 29.3 Å². The molecule has 1 aromatic carbocycles. The molecule has 0 aromatic heterocycles. The fraction of sp³-hybridized carbons (Fsp3) is 0.438. The van der Waals surface area contributed by atoms with Crippen molar-refractivity contribution in [3.05, 3.63) is 30.3 Å². The number of benzene rings is 1. The minimum atomic E-state index is -0.386. The van der Waals surface area contributed by atoms with Crippen LogP contribution in [0.2, 0.25) is 0 Å². The second-order valence-corrected chi connectivity index (χ2v) is 5.82. The van der Waals surface area contributed by atoms with Crippen LogP contribution in [0.3, 0.4) is 0 Å². The van der Waals surface area contributed by atoms with Gasteiger partial charge in [0.05, 0.1) is 30.1 Å². The Balaban J connectivity index is 2.71. The summed E-state index contributed by atoms with van der Waals surface area (Å²) in [5.74, 6) is -0.298. The van der Waals surface area contributed by atoms with Crippen LogP contribution in [0.4, 0.5) is 5.69 Å². The van der Waals surface area contributed by atoms with E-state index in [1.54, 1.807) is 18.7 Å². The quantitative estimate of drug-likeness (QED) is 0.689. The van der Waals surface area contributed by atoms with Crippen LogP contribution in [0.5, 0.6) is 0 Å². The highest BCUT2D eigenvalue weighted by Gasteiger charge is 2.23. The molecule has 1 atom stereocenters. The SMILES string of the molecule is CCOC(=O)CSC(C)C(=O)N(CCC#N)c1ccccc1. The first-order chi connectivity index (χ1) is 10.6. The van der Waals surface area contributed by atoms with Gasteiger partial charge < -0.3 is 9.64 Å². The molecule has 118 valence electrons.